The average Bonchev–Trinajstić information content (AvgIpc) is 3.32. The van der Waals surface area contributed by atoms with Crippen molar-refractivity contribution >= 4 is 29.4 Å². The number of hydrogen-bond acceptors (Lipinski definition) is 7. The molecule has 0 saturated carbocycles. The van der Waals surface area contributed by atoms with E-state index in [0.29, 0.717) is 29.4 Å². The third-order valence-corrected chi connectivity index (χ3v) is 5.32. The molecule has 8 nitrogen and oxygen atoms in total. The highest BCUT2D eigenvalue weighted by Gasteiger charge is 2.31. The Morgan fingerprint density at radius 3 is 2.97 bits per heavy atom. The molecule has 0 aromatic heterocycles. The number of nitrogens with zero attached hydrogens (tertiary/aromatic N) is 2. The van der Waals surface area contributed by atoms with Gasteiger partial charge in [-0.3, -0.25) is 4.79 Å². The van der Waals surface area contributed by atoms with E-state index in [9.17, 15) is 14.3 Å². The lowest BCUT2D eigenvalue weighted by Gasteiger charge is -2.19. The summed E-state index contributed by atoms with van der Waals surface area (Å²) in [6, 6.07) is 3.70. The minimum atomic E-state index is -0.512. The summed E-state index contributed by atoms with van der Waals surface area (Å²) in [6.45, 7) is 0.986. The first-order valence-electron chi connectivity index (χ1n) is 9.51. The largest absolute Gasteiger partial charge is 0.491 e. The Kier molecular flexibility index (Phi) is 5.85. The minimum absolute atomic E-state index is 0.0716. The number of halogens is 2. The molecule has 4 N–H and O–H groups in total. The van der Waals surface area contributed by atoms with Crippen LogP contribution in [-0.4, -0.2) is 66.2 Å². The molecule has 2 unspecified atom stereocenters. The van der Waals surface area contributed by atoms with Gasteiger partial charge in [0.1, 0.15) is 24.0 Å². The average molecular weight is 434 g/mol. The molecule has 2 atom stereocenters. The predicted octanol–water partition coefficient (Wildman–Crippen LogP) is 1.37. The number of ether oxygens (including phenoxy) is 1. The number of allylic oxidation sites excluding steroid dienone is 1. The summed E-state index contributed by atoms with van der Waals surface area (Å²) in [5.41, 5.74) is 1.08. The maximum atomic E-state index is 13.8. The number of aliphatic imine (C=N–C) groups is 1. The zero-order chi connectivity index (χ0) is 21.3. The molecule has 0 spiro atoms. The molecule has 1 aromatic rings. The number of rotatable bonds is 4. The normalized spacial score (nSPS) is 26.0. The van der Waals surface area contributed by atoms with Crippen molar-refractivity contribution in [3.8, 4) is 5.75 Å². The summed E-state index contributed by atoms with van der Waals surface area (Å²) in [7, 11) is 0. The van der Waals surface area contributed by atoms with E-state index < -0.39 is 11.9 Å². The predicted molar refractivity (Wildman–Crippen MR) is 111 cm³/mol. The molecule has 4 rings (SSSR count). The Balaban J connectivity index is 1.50. The van der Waals surface area contributed by atoms with E-state index in [0.717, 1.165) is 0 Å². The molecular formula is C20H21ClFN5O3. The second-order valence-electron chi connectivity index (χ2n) is 7.34. The molecule has 3 aliphatic heterocycles. The zero-order valence-electron chi connectivity index (χ0n) is 16.0. The molecule has 0 bridgehead atoms. The molecule has 158 valence electrons. The number of nitrogens with one attached hydrogen (secondary N) is 3. The van der Waals surface area contributed by atoms with Gasteiger partial charge in [-0.05, 0) is 18.6 Å². The third-order valence-electron chi connectivity index (χ3n) is 5.11. The molecule has 1 amide bonds. The summed E-state index contributed by atoms with van der Waals surface area (Å²) in [5.74, 6) is -0.263. The van der Waals surface area contributed by atoms with E-state index in [-0.39, 0.29) is 48.7 Å². The lowest BCUT2D eigenvalue weighted by Crippen LogP contribution is -2.31. The number of hydrogen-bond donors (Lipinski definition) is 4. The van der Waals surface area contributed by atoms with Crippen molar-refractivity contribution in [2.24, 2.45) is 4.99 Å². The molecule has 3 aliphatic rings. The highest BCUT2D eigenvalue weighted by atomic mass is 35.5. The molecule has 2 fully saturated rings. The molecule has 1 aromatic carbocycles. The smallest absolute Gasteiger partial charge is 0.258 e. The van der Waals surface area contributed by atoms with Crippen molar-refractivity contribution in [1.29, 1.82) is 5.41 Å². The number of amides is 1. The van der Waals surface area contributed by atoms with Crippen molar-refractivity contribution in [2.75, 3.05) is 26.2 Å². The van der Waals surface area contributed by atoms with Crippen LogP contribution in [0.5, 0.6) is 5.75 Å². The van der Waals surface area contributed by atoms with Crippen molar-refractivity contribution in [3.05, 3.63) is 52.2 Å². The zero-order valence-corrected chi connectivity index (χ0v) is 16.7. The van der Waals surface area contributed by atoms with Crippen molar-refractivity contribution in [1.82, 2.24) is 15.5 Å². The van der Waals surface area contributed by atoms with Gasteiger partial charge in [-0.1, -0.05) is 11.6 Å². The second kappa shape index (κ2) is 8.55. The van der Waals surface area contributed by atoms with Crippen LogP contribution in [0.3, 0.4) is 0 Å². The molecule has 30 heavy (non-hydrogen) atoms. The maximum absolute atomic E-state index is 13.8. The van der Waals surface area contributed by atoms with Crippen LogP contribution in [0, 0.1) is 11.2 Å². The topological polar surface area (TPSA) is 110 Å². The molecule has 10 heteroatoms. The first kappa shape index (κ1) is 20.5. The monoisotopic (exact) mass is 433 g/mol. The van der Waals surface area contributed by atoms with Gasteiger partial charge in [-0.15, -0.1) is 0 Å². The number of benzene rings is 1. The van der Waals surface area contributed by atoms with Gasteiger partial charge in [0, 0.05) is 36.6 Å². The number of likely N-dealkylation sites (tertiary alicyclic amines) is 1. The first-order chi connectivity index (χ1) is 14.4. The molecule has 0 aliphatic carbocycles. The van der Waals surface area contributed by atoms with Gasteiger partial charge in [0.05, 0.1) is 35.5 Å². The van der Waals surface area contributed by atoms with Crippen molar-refractivity contribution in [2.45, 2.75) is 18.6 Å². The number of β-amino-alcohol motifs (C(OH)–C–C–N with tert-alkyl or cyclic N) is 1. The van der Waals surface area contributed by atoms with Crippen LogP contribution >= 0.6 is 11.6 Å². The fourth-order valence-electron chi connectivity index (χ4n) is 3.57. The minimum Gasteiger partial charge on any atom is -0.491 e. The highest BCUT2D eigenvalue weighted by Crippen LogP contribution is 2.26. The summed E-state index contributed by atoms with van der Waals surface area (Å²) in [5, 5.41) is 24.3. The highest BCUT2D eigenvalue weighted by molar-refractivity contribution is 6.39. The van der Waals surface area contributed by atoms with Crippen LogP contribution < -0.4 is 15.4 Å². The molecule has 3 heterocycles. The van der Waals surface area contributed by atoms with Crippen molar-refractivity contribution in [3.63, 3.8) is 0 Å². The van der Waals surface area contributed by atoms with Gasteiger partial charge in [-0.25, -0.2) is 9.38 Å². The summed E-state index contributed by atoms with van der Waals surface area (Å²) in [4.78, 5) is 18.8. The van der Waals surface area contributed by atoms with Crippen LogP contribution in [0.4, 0.5) is 4.39 Å². The molecule has 0 radical (unpaired) electrons. The van der Waals surface area contributed by atoms with E-state index in [1.165, 1.54) is 29.3 Å². The molecular weight excluding hydrogens is 413 g/mol. The summed E-state index contributed by atoms with van der Waals surface area (Å²) in [6.07, 6.45) is 3.13. The van der Waals surface area contributed by atoms with E-state index in [1.54, 1.807) is 6.20 Å². The van der Waals surface area contributed by atoms with Crippen LogP contribution in [0.25, 0.3) is 0 Å². The standard InChI is InChI=1S/C20H21ClFN5O3/c21-11-5-25-19(26-6-11)16-8-27(9-17(16)23)20(29)15-2-1-12(22)3-18(15)30-10-13-4-14(28)7-24-13/h1-3,5-6,13-14,23-25,28H,4,7-10H2/b19-16+,23-17?. The van der Waals surface area contributed by atoms with Crippen LogP contribution in [0.15, 0.2) is 45.8 Å². The summed E-state index contributed by atoms with van der Waals surface area (Å²) >= 11 is 5.84. The van der Waals surface area contributed by atoms with Crippen molar-refractivity contribution < 1.29 is 19.0 Å². The summed E-state index contributed by atoms with van der Waals surface area (Å²) < 4.78 is 19.5. The lowest BCUT2D eigenvalue weighted by molar-refractivity contribution is 0.0798. The Morgan fingerprint density at radius 1 is 1.43 bits per heavy atom. The number of aliphatic hydroxyl groups excluding tert-OH is 1. The van der Waals surface area contributed by atoms with Gasteiger partial charge in [0.25, 0.3) is 5.91 Å². The Morgan fingerprint density at radius 2 is 2.27 bits per heavy atom. The number of carbonyl (C=O) groups is 1. The van der Waals surface area contributed by atoms with Crippen LogP contribution in [0.2, 0.25) is 0 Å². The van der Waals surface area contributed by atoms with E-state index >= 15 is 0 Å². The van der Waals surface area contributed by atoms with Crippen LogP contribution in [-0.2, 0) is 0 Å². The fraction of sp³-hybridized carbons (Fsp3) is 0.350. The Bertz CT molecular complexity index is 977. The quantitative estimate of drug-likeness (QED) is 0.573. The second-order valence-corrected chi connectivity index (χ2v) is 7.78. The van der Waals surface area contributed by atoms with Crippen LogP contribution in [0.1, 0.15) is 16.8 Å². The van der Waals surface area contributed by atoms with Gasteiger partial charge >= 0.3 is 0 Å². The first-order valence-corrected chi connectivity index (χ1v) is 9.89. The SMILES string of the molecule is N=C1CN(C(=O)c2ccc(F)cc2OCC2CC(O)CN2)C/C1=C1\N=CC(Cl)=CN1. The van der Waals surface area contributed by atoms with Gasteiger partial charge in [0.15, 0.2) is 0 Å². The lowest BCUT2D eigenvalue weighted by atomic mass is 10.1. The molecule has 2 saturated heterocycles. The maximum Gasteiger partial charge on any atom is 0.258 e. The van der Waals surface area contributed by atoms with E-state index in [1.807, 2.05) is 0 Å². The van der Waals surface area contributed by atoms with Gasteiger partial charge in [-0.2, -0.15) is 0 Å². The number of carbonyl (C=O) groups excluding carboxylic acids is 1. The Labute approximate surface area is 177 Å². The van der Waals surface area contributed by atoms with Gasteiger partial charge in [0.2, 0.25) is 0 Å². The third kappa shape index (κ3) is 4.38. The fourth-order valence-corrected chi connectivity index (χ4v) is 3.67. The Hall–Kier alpha value is -2.75. The number of aliphatic hydroxyl groups is 1. The van der Waals surface area contributed by atoms with Gasteiger partial charge < -0.3 is 30.8 Å². The van der Waals surface area contributed by atoms with E-state index in [2.05, 4.69) is 15.6 Å². The van der Waals surface area contributed by atoms with E-state index in [4.69, 9.17) is 21.7 Å².